The Labute approximate surface area is 118 Å². The van der Waals surface area contributed by atoms with Gasteiger partial charge in [-0.25, -0.2) is 9.39 Å². The number of hydrogen-bond donors (Lipinski definition) is 0. The number of hydrogen-bond acceptors (Lipinski definition) is 3. The average molecular weight is 321 g/mol. The molecule has 102 valence electrons. The fourth-order valence-electron chi connectivity index (χ4n) is 1.40. The molecule has 1 rings (SSSR count). The van der Waals surface area contributed by atoms with Crippen LogP contribution >= 0.6 is 27.9 Å². The number of carbonyl (C=O) groups excluding carboxylic acids is 2. The number of nitrogens with zero attached hydrogens (tertiary/aromatic N) is 2. The van der Waals surface area contributed by atoms with Gasteiger partial charge in [-0.15, -0.1) is 11.6 Å². The smallest absolute Gasteiger partial charge is 0.246 e. The van der Waals surface area contributed by atoms with Gasteiger partial charge in [0.1, 0.15) is 11.7 Å². The van der Waals surface area contributed by atoms with Crippen LogP contribution in [0.15, 0.2) is 24.3 Å². The summed E-state index contributed by atoms with van der Waals surface area (Å²) in [6, 6.07) is 5.16. The highest BCUT2D eigenvalue weighted by atomic mass is 35.5. The number of halogens is 2. The minimum Gasteiger partial charge on any atom is -0.294 e. The molecule has 2 atom stereocenters. The zero-order valence-corrected chi connectivity index (χ0v) is 12.7. The van der Waals surface area contributed by atoms with Crippen molar-refractivity contribution in [2.75, 3.05) is 12.4 Å². The Morgan fingerprint density at radius 1 is 1.37 bits per heavy atom. The second kappa shape index (κ2) is 7.57. The Balaban J connectivity index is 2.65. The summed E-state index contributed by atoms with van der Waals surface area (Å²) < 4.78 is 13.9. The van der Waals surface area contributed by atoms with E-state index in [0.29, 0.717) is 5.56 Å². The fourth-order valence-corrected chi connectivity index (χ4v) is 2.96. The lowest BCUT2D eigenvalue weighted by Crippen LogP contribution is -2.26. The zero-order valence-electron chi connectivity index (χ0n) is 9.92. The first kappa shape index (κ1) is 16.1. The van der Waals surface area contributed by atoms with E-state index in [1.54, 1.807) is 0 Å². The van der Waals surface area contributed by atoms with Crippen LogP contribution in [0.5, 0.6) is 0 Å². The highest BCUT2D eigenvalue weighted by Gasteiger charge is 2.17. The average Bonchev–Trinajstić information content (AvgIpc) is 2.38. The first-order valence-electron chi connectivity index (χ1n) is 5.34. The van der Waals surface area contributed by atoms with Crippen LogP contribution in [0.25, 0.3) is 0 Å². The second-order valence-electron chi connectivity index (χ2n) is 3.65. The van der Waals surface area contributed by atoms with E-state index in [0.717, 1.165) is 4.67 Å². The third kappa shape index (κ3) is 4.89. The number of rotatable bonds is 5. The summed E-state index contributed by atoms with van der Waals surface area (Å²) >= 11 is 5.41. The molecule has 0 bridgehead atoms. The van der Waals surface area contributed by atoms with Crippen molar-refractivity contribution in [3.05, 3.63) is 35.6 Å². The number of amides is 1. The molecule has 0 saturated carbocycles. The molecule has 0 saturated heterocycles. The van der Waals surface area contributed by atoms with Gasteiger partial charge in [-0.2, -0.15) is 0 Å². The largest absolute Gasteiger partial charge is 0.294 e. The van der Waals surface area contributed by atoms with Crippen LogP contribution < -0.4 is 0 Å². The summed E-state index contributed by atoms with van der Waals surface area (Å²) in [7, 11) is 0.407. The van der Waals surface area contributed by atoms with Crippen molar-refractivity contribution in [2.45, 2.75) is 6.42 Å². The van der Waals surface area contributed by atoms with E-state index in [9.17, 15) is 19.0 Å². The van der Waals surface area contributed by atoms with Crippen LogP contribution in [0.3, 0.4) is 0 Å². The molecule has 0 aliphatic rings. The van der Waals surface area contributed by atoms with Gasteiger partial charge in [0, 0.05) is 18.5 Å². The summed E-state index contributed by atoms with van der Waals surface area (Å²) in [5.41, 5.74) is 0.366. The Hall–Kier alpha value is -0.980. The molecule has 8 heteroatoms. The lowest BCUT2D eigenvalue weighted by molar-refractivity contribution is -0.123. The second-order valence-corrected chi connectivity index (χ2v) is 6.43. The molecule has 1 aromatic rings. The monoisotopic (exact) mass is 320 g/mol. The number of Topliss-reactive ketones (excluding diaryl/α,β-unsaturated/α-hetero) is 1. The lowest BCUT2D eigenvalue weighted by atomic mass is 10.1. The summed E-state index contributed by atoms with van der Waals surface area (Å²) in [5.74, 6) is -1.33. The minimum absolute atomic E-state index is 0.0437. The Bertz CT molecular complexity index is 542. The maximum atomic E-state index is 12.7. The van der Waals surface area contributed by atoms with E-state index in [4.69, 9.17) is 11.6 Å². The topological polar surface area (TPSA) is 61.2 Å². The van der Waals surface area contributed by atoms with Crippen LogP contribution in [0, 0.1) is 10.8 Å². The number of carbonyl (C=O) groups is 2. The maximum absolute atomic E-state index is 12.7. The summed E-state index contributed by atoms with van der Waals surface area (Å²) in [4.78, 5) is 23.2. The molecule has 4 nitrogen and oxygen atoms in total. The standard InChI is InChI=1S/C11H12ClFN2O2P2/c12-7-11(17)15(19(14)18)6-5-10(16)8-1-3-9(13)4-2-8/h1-4H,5-7,18H2. The molecule has 0 fully saturated rings. The first-order chi connectivity index (χ1) is 8.95. The summed E-state index contributed by atoms with van der Waals surface area (Å²) in [5, 5.41) is 9.45. The molecule has 0 heterocycles. The van der Waals surface area contributed by atoms with E-state index in [2.05, 4.69) is 8.93 Å². The van der Waals surface area contributed by atoms with Crippen molar-refractivity contribution in [1.29, 1.82) is 5.00 Å². The van der Waals surface area contributed by atoms with Gasteiger partial charge in [-0.05, 0) is 33.2 Å². The number of benzene rings is 1. The molecule has 0 aliphatic carbocycles. The van der Waals surface area contributed by atoms with Crippen molar-refractivity contribution < 1.29 is 14.0 Å². The Kier molecular flexibility index (Phi) is 6.41. The van der Waals surface area contributed by atoms with E-state index < -0.39 is 19.1 Å². The van der Waals surface area contributed by atoms with Crippen LogP contribution in [0.1, 0.15) is 16.8 Å². The van der Waals surface area contributed by atoms with Crippen LogP contribution in [-0.2, 0) is 4.79 Å². The third-order valence-electron chi connectivity index (χ3n) is 2.37. The summed E-state index contributed by atoms with van der Waals surface area (Å²) in [6.45, 7) is 0.0769. The Morgan fingerprint density at radius 2 is 1.95 bits per heavy atom. The fraction of sp³-hybridized carbons (Fsp3) is 0.273. The van der Waals surface area contributed by atoms with Gasteiger partial charge in [-0.3, -0.25) is 14.3 Å². The van der Waals surface area contributed by atoms with E-state index in [1.165, 1.54) is 24.3 Å². The third-order valence-corrected chi connectivity index (χ3v) is 4.35. The van der Waals surface area contributed by atoms with E-state index in [1.807, 2.05) is 0 Å². The molecule has 1 amide bonds. The highest BCUT2D eigenvalue weighted by Crippen LogP contribution is 2.33. The number of ketones is 1. The predicted molar refractivity (Wildman–Crippen MR) is 76.1 cm³/mol. The van der Waals surface area contributed by atoms with Crippen molar-refractivity contribution in [1.82, 2.24) is 4.67 Å². The van der Waals surface area contributed by atoms with Crippen LogP contribution in [0.2, 0.25) is 0 Å². The normalized spacial score (nSPS) is 10.9. The van der Waals surface area contributed by atoms with Crippen LogP contribution in [-0.4, -0.2) is 28.8 Å². The van der Waals surface area contributed by atoms with Gasteiger partial charge in [0.25, 0.3) is 0 Å². The molecule has 0 aliphatic heterocycles. The molecule has 19 heavy (non-hydrogen) atoms. The molecule has 0 spiro atoms. The van der Waals surface area contributed by atoms with E-state index >= 15 is 0 Å². The first-order valence-corrected chi connectivity index (χ1v) is 8.74. The van der Waals surface area contributed by atoms with Gasteiger partial charge in [0.2, 0.25) is 5.91 Å². The molecule has 2 unspecified atom stereocenters. The van der Waals surface area contributed by atoms with Gasteiger partial charge < -0.3 is 0 Å². The van der Waals surface area contributed by atoms with Gasteiger partial charge >= 0.3 is 0 Å². The van der Waals surface area contributed by atoms with Crippen LogP contribution in [0.4, 0.5) is 4.39 Å². The Morgan fingerprint density at radius 3 is 2.42 bits per heavy atom. The summed E-state index contributed by atoms with van der Waals surface area (Å²) in [6.07, 6.45) is 0.0437. The van der Waals surface area contributed by atoms with Crippen molar-refractivity contribution in [3.8, 4) is 0 Å². The zero-order chi connectivity index (χ0) is 14.4. The van der Waals surface area contributed by atoms with Crippen molar-refractivity contribution >= 4 is 39.6 Å². The molecular weight excluding hydrogens is 309 g/mol. The number of alkyl halides is 1. The quantitative estimate of drug-likeness (QED) is 0.476. The van der Waals surface area contributed by atoms with Crippen molar-refractivity contribution in [2.24, 2.45) is 0 Å². The van der Waals surface area contributed by atoms with Crippen molar-refractivity contribution in [3.63, 3.8) is 0 Å². The van der Waals surface area contributed by atoms with Gasteiger partial charge in [0.15, 0.2) is 13.2 Å². The maximum Gasteiger partial charge on any atom is 0.246 e. The molecule has 1 aromatic carbocycles. The lowest BCUT2D eigenvalue weighted by Gasteiger charge is -2.16. The minimum atomic E-state index is -1.71. The molecule has 0 radical (unpaired) electrons. The molecular formula is C11H12ClFN2O2P2. The molecule has 0 aromatic heterocycles. The highest BCUT2D eigenvalue weighted by molar-refractivity contribution is 8.04. The SMILES string of the molecule is N#P(P)N(CCC(=O)c1ccc(F)cc1)C(=O)CCl. The molecule has 0 N–H and O–H groups in total. The predicted octanol–water partition coefficient (Wildman–Crippen LogP) is 3.13. The van der Waals surface area contributed by atoms with E-state index in [-0.39, 0.29) is 24.6 Å². The van der Waals surface area contributed by atoms with Gasteiger partial charge in [-0.1, -0.05) is 0 Å². The van der Waals surface area contributed by atoms with Gasteiger partial charge in [0.05, 0.1) is 0 Å².